The zero-order valence-corrected chi connectivity index (χ0v) is 16.6. The average Bonchev–Trinajstić information content (AvgIpc) is 3.08. The Morgan fingerprint density at radius 2 is 2.14 bits per heavy atom. The number of aryl methyl sites for hydroxylation is 2. The van der Waals surface area contributed by atoms with Gasteiger partial charge < -0.3 is 5.32 Å². The van der Waals surface area contributed by atoms with Gasteiger partial charge >= 0.3 is 0 Å². The zero-order valence-electron chi connectivity index (χ0n) is 16.6. The molecule has 1 amide bonds. The second-order valence-corrected chi connectivity index (χ2v) is 7.19. The van der Waals surface area contributed by atoms with E-state index in [9.17, 15) is 4.79 Å². The number of pyridine rings is 2. The summed E-state index contributed by atoms with van der Waals surface area (Å²) in [5.41, 5.74) is 4.92. The topological polar surface area (TPSA) is 85.1 Å². The lowest BCUT2D eigenvalue weighted by Crippen LogP contribution is -2.14. The van der Waals surface area contributed by atoms with Crippen molar-refractivity contribution in [2.75, 3.05) is 5.32 Å². The molecule has 1 atom stereocenters. The van der Waals surface area contributed by atoms with Crippen molar-refractivity contribution in [3.8, 4) is 11.3 Å². The molecule has 0 bridgehead atoms. The number of carbonyl (C=O) groups is 1. The van der Waals surface area contributed by atoms with Gasteiger partial charge in [0, 0.05) is 36.9 Å². The van der Waals surface area contributed by atoms with E-state index in [-0.39, 0.29) is 5.91 Å². The first-order chi connectivity index (χ1) is 14.0. The Kier molecular flexibility index (Phi) is 5.03. The Morgan fingerprint density at radius 3 is 2.93 bits per heavy atom. The number of nitrogens with one attached hydrogen (secondary N) is 1. The predicted octanol–water partition coefficient (Wildman–Crippen LogP) is 3.89. The second-order valence-electron chi connectivity index (χ2n) is 7.19. The molecule has 7 nitrogen and oxygen atoms in total. The molecule has 0 radical (unpaired) electrons. The summed E-state index contributed by atoms with van der Waals surface area (Å²) in [7, 11) is 1.82. The van der Waals surface area contributed by atoms with Crippen LogP contribution in [0.5, 0.6) is 0 Å². The van der Waals surface area contributed by atoms with Gasteiger partial charge in [0.1, 0.15) is 11.4 Å². The fourth-order valence-electron chi connectivity index (χ4n) is 3.22. The zero-order chi connectivity index (χ0) is 20.4. The quantitative estimate of drug-likeness (QED) is 0.737. The second kappa shape index (κ2) is 7.79. The molecule has 7 heteroatoms. The van der Waals surface area contributed by atoms with Crippen LogP contribution in [0, 0.1) is 12.8 Å². The van der Waals surface area contributed by atoms with Crippen LogP contribution in [0.3, 0.4) is 0 Å². The van der Waals surface area contributed by atoms with E-state index in [0.717, 1.165) is 29.1 Å². The van der Waals surface area contributed by atoms with Gasteiger partial charge in [0.25, 0.3) is 5.91 Å². The summed E-state index contributed by atoms with van der Waals surface area (Å²) in [6.07, 6.45) is 8.38. The summed E-state index contributed by atoms with van der Waals surface area (Å²) in [5, 5.41) is 7.42. The minimum absolute atomic E-state index is 0.291. The maximum atomic E-state index is 12.9. The highest BCUT2D eigenvalue weighted by Gasteiger charge is 2.18. The number of aliphatic imine (C=N–C) groups is 1. The van der Waals surface area contributed by atoms with Gasteiger partial charge in [-0.15, -0.1) is 0 Å². The fraction of sp³-hybridized carbons (Fsp3) is 0.227. The average molecular weight is 386 g/mol. The van der Waals surface area contributed by atoms with Crippen LogP contribution in [0.4, 0.5) is 5.69 Å². The predicted molar refractivity (Wildman–Crippen MR) is 114 cm³/mol. The summed E-state index contributed by atoms with van der Waals surface area (Å²) >= 11 is 0. The highest BCUT2D eigenvalue weighted by atomic mass is 16.1. The maximum Gasteiger partial charge on any atom is 0.274 e. The van der Waals surface area contributed by atoms with Crippen molar-refractivity contribution in [1.82, 2.24) is 19.7 Å². The summed E-state index contributed by atoms with van der Waals surface area (Å²) in [4.78, 5) is 26.1. The van der Waals surface area contributed by atoms with Gasteiger partial charge in [-0.25, -0.2) is 4.98 Å². The molecular weight excluding hydrogens is 364 g/mol. The number of rotatable bonds is 4. The summed E-state index contributed by atoms with van der Waals surface area (Å²) in [6.45, 7) is 4.05. The fourth-order valence-corrected chi connectivity index (χ4v) is 3.22. The molecule has 1 unspecified atom stereocenters. The van der Waals surface area contributed by atoms with Gasteiger partial charge in [0.15, 0.2) is 0 Å². The number of aromatic nitrogens is 4. The van der Waals surface area contributed by atoms with Crippen LogP contribution in [-0.2, 0) is 7.05 Å². The van der Waals surface area contributed by atoms with E-state index in [1.165, 1.54) is 0 Å². The Balaban J connectivity index is 1.61. The molecule has 0 saturated carbocycles. The Labute approximate surface area is 169 Å². The molecule has 1 aliphatic rings. The number of anilines is 1. The van der Waals surface area contributed by atoms with Crippen LogP contribution in [0.1, 0.15) is 35.2 Å². The van der Waals surface area contributed by atoms with Crippen LogP contribution in [0.15, 0.2) is 53.8 Å². The Hall–Kier alpha value is -3.61. The van der Waals surface area contributed by atoms with Crippen LogP contribution in [0.25, 0.3) is 17.0 Å². The van der Waals surface area contributed by atoms with Crippen molar-refractivity contribution in [3.63, 3.8) is 0 Å². The highest BCUT2D eigenvalue weighted by molar-refractivity contribution is 6.04. The molecule has 0 fully saturated rings. The van der Waals surface area contributed by atoms with Gasteiger partial charge in [-0.3, -0.25) is 19.5 Å². The Morgan fingerprint density at radius 1 is 1.28 bits per heavy atom. The molecule has 3 aromatic heterocycles. The van der Waals surface area contributed by atoms with Crippen molar-refractivity contribution in [1.29, 1.82) is 0 Å². The normalized spacial score (nSPS) is 15.8. The number of allylic oxidation sites excluding steroid dienone is 1. The Bertz CT molecular complexity index is 1130. The van der Waals surface area contributed by atoms with E-state index in [4.69, 9.17) is 0 Å². The van der Waals surface area contributed by atoms with Crippen molar-refractivity contribution in [2.24, 2.45) is 18.0 Å². The lowest BCUT2D eigenvalue weighted by Gasteiger charge is -2.11. The van der Waals surface area contributed by atoms with Crippen molar-refractivity contribution in [2.45, 2.75) is 20.3 Å². The number of hydrogen-bond acceptors (Lipinski definition) is 5. The maximum absolute atomic E-state index is 12.9. The first kappa shape index (κ1) is 18.7. The third-order valence-corrected chi connectivity index (χ3v) is 4.64. The van der Waals surface area contributed by atoms with E-state index in [2.05, 4.69) is 38.4 Å². The molecule has 0 saturated heterocycles. The first-order valence-electron chi connectivity index (χ1n) is 9.49. The van der Waals surface area contributed by atoms with Crippen LogP contribution in [0.2, 0.25) is 0 Å². The highest BCUT2D eigenvalue weighted by Crippen LogP contribution is 2.28. The lowest BCUT2D eigenvalue weighted by atomic mass is 10.0. The monoisotopic (exact) mass is 386 g/mol. The third-order valence-electron chi connectivity index (χ3n) is 4.64. The minimum atomic E-state index is -0.291. The molecule has 0 aromatic carbocycles. The molecule has 0 aliphatic carbocycles. The van der Waals surface area contributed by atoms with E-state index in [1.807, 2.05) is 44.5 Å². The molecule has 29 heavy (non-hydrogen) atoms. The SMILES string of the molecule is Cc1cc(-c2cccc(C(=O)Nc3cn(C)nc3C3=CC(C)CC=N3)n2)ccn1. The van der Waals surface area contributed by atoms with E-state index in [1.54, 1.807) is 23.1 Å². The van der Waals surface area contributed by atoms with Crippen molar-refractivity contribution < 1.29 is 4.79 Å². The molecule has 1 N–H and O–H groups in total. The van der Waals surface area contributed by atoms with Gasteiger partial charge in [0.05, 0.1) is 17.1 Å². The van der Waals surface area contributed by atoms with E-state index in [0.29, 0.717) is 23.0 Å². The molecular formula is C22H22N6O. The molecule has 4 rings (SSSR count). The van der Waals surface area contributed by atoms with Gasteiger partial charge in [-0.2, -0.15) is 5.10 Å². The lowest BCUT2D eigenvalue weighted by molar-refractivity contribution is 0.102. The largest absolute Gasteiger partial charge is 0.317 e. The van der Waals surface area contributed by atoms with Crippen LogP contribution < -0.4 is 5.32 Å². The number of amides is 1. The molecule has 4 heterocycles. The van der Waals surface area contributed by atoms with E-state index >= 15 is 0 Å². The summed E-state index contributed by atoms with van der Waals surface area (Å²) < 4.78 is 1.67. The van der Waals surface area contributed by atoms with Gasteiger partial charge in [-0.1, -0.05) is 19.1 Å². The van der Waals surface area contributed by atoms with Crippen molar-refractivity contribution >= 4 is 23.5 Å². The molecule has 146 valence electrons. The standard InChI is InChI=1S/C22H22N6O/c1-14-7-9-24-19(11-14)21-20(13-28(3)27-21)26-22(29)18-6-4-5-17(25-18)16-8-10-23-15(2)12-16/h4-6,8-14H,7H2,1-3H3,(H,26,29). The molecule has 3 aromatic rings. The first-order valence-corrected chi connectivity index (χ1v) is 9.49. The number of hydrogen-bond donors (Lipinski definition) is 1. The van der Waals surface area contributed by atoms with Crippen LogP contribution >= 0.6 is 0 Å². The van der Waals surface area contributed by atoms with Gasteiger partial charge in [0.2, 0.25) is 0 Å². The van der Waals surface area contributed by atoms with Crippen molar-refractivity contribution in [3.05, 3.63) is 65.9 Å². The van der Waals surface area contributed by atoms with Crippen LogP contribution in [-0.4, -0.2) is 31.9 Å². The summed E-state index contributed by atoms with van der Waals surface area (Å²) in [5.74, 6) is 0.0931. The third kappa shape index (κ3) is 4.13. The smallest absolute Gasteiger partial charge is 0.274 e. The summed E-state index contributed by atoms with van der Waals surface area (Å²) in [6, 6.07) is 9.22. The number of carbonyl (C=O) groups excluding carboxylic acids is 1. The van der Waals surface area contributed by atoms with Gasteiger partial charge in [-0.05, 0) is 43.5 Å². The number of nitrogens with zero attached hydrogens (tertiary/aromatic N) is 5. The van der Waals surface area contributed by atoms with E-state index < -0.39 is 0 Å². The minimum Gasteiger partial charge on any atom is -0.317 e. The molecule has 1 aliphatic heterocycles. The molecule has 0 spiro atoms.